The van der Waals surface area contributed by atoms with Gasteiger partial charge >= 0.3 is 0 Å². The van der Waals surface area contributed by atoms with Gasteiger partial charge in [-0.25, -0.2) is 9.97 Å². The van der Waals surface area contributed by atoms with Crippen LogP contribution in [0.2, 0.25) is 5.15 Å². The van der Waals surface area contributed by atoms with E-state index in [0.717, 1.165) is 42.8 Å². The number of nitrogens with zero attached hydrogens (tertiary/aromatic N) is 3. The molecule has 220 valence electrons. The molecule has 0 aliphatic carbocycles. The molecule has 42 heavy (non-hydrogen) atoms. The molecule has 1 N–H and O–H groups in total. The summed E-state index contributed by atoms with van der Waals surface area (Å²) in [4.78, 5) is 24.1. The van der Waals surface area contributed by atoms with Crippen molar-refractivity contribution < 1.29 is 14.3 Å². The van der Waals surface area contributed by atoms with E-state index in [2.05, 4.69) is 27.3 Å². The molecule has 0 saturated heterocycles. The molecule has 7 nitrogen and oxygen atoms in total. The molecule has 0 saturated carbocycles. The van der Waals surface area contributed by atoms with Crippen LogP contribution in [0.15, 0.2) is 84.0 Å². The largest absolute Gasteiger partial charge is 0.493 e. The maximum Gasteiger partial charge on any atom is 0.251 e. The van der Waals surface area contributed by atoms with Crippen LogP contribution in [0.1, 0.15) is 40.4 Å². The number of hydrogen-bond donors (Lipinski definition) is 1. The zero-order valence-corrected chi connectivity index (χ0v) is 26.0. The summed E-state index contributed by atoms with van der Waals surface area (Å²) in [5, 5.41) is 4.09. The highest BCUT2D eigenvalue weighted by Crippen LogP contribution is 2.28. The third kappa shape index (κ3) is 9.13. The van der Waals surface area contributed by atoms with Crippen LogP contribution < -0.4 is 19.7 Å². The number of hydrogen-bond acceptors (Lipinski definition) is 7. The number of aromatic nitrogens is 2. The number of amides is 1. The lowest BCUT2D eigenvalue weighted by molar-refractivity contribution is 0.0938. The summed E-state index contributed by atoms with van der Waals surface area (Å²) < 4.78 is 10.8. The smallest absolute Gasteiger partial charge is 0.251 e. The highest BCUT2D eigenvalue weighted by Gasteiger charge is 2.13. The van der Waals surface area contributed by atoms with Crippen molar-refractivity contribution in [2.24, 2.45) is 0 Å². The Bertz CT molecular complexity index is 1470. The summed E-state index contributed by atoms with van der Waals surface area (Å²) in [5.41, 5.74) is 4.05. The van der Waals surface area contributed by atoms with Crippen LogP contribution in [0.3, 0.4) is 0 Å². The lowest BCUT2D eigenvalue weighted by atomic mass is 10.1. The first-order chi connectivity index (χ1) is 20.3. The highest BCUT2D eigenvalue weighted by atomic mass is 35.5. The minimum absolute atomic E-state index is 0.0674. The van der Waals surface area contributed by atoms with Gasteiger partial charge in [0.1, 0.15) is 11.0 Å². The second kappa shape index (κ2) is 15.5. The highest BCUT2D eigenvalue weighted by molar-refractivity contribution is 7.98. The third-order valence-corrected chi connectivity index (χ3v) is 7.99. The minimum Gasteiger partial charge on any atom is -0.493 e. The van der Waals surface area contributed by atoms with Crippen LogP contribution in [0.5, 0.6) is 11.5 Å². The third-order valence-electron chi connectivity index (χ3n) is 6.88. The molecule has 0 bridgehead atoms. The fourth-order valence-corrected chi connectivity index (χ4v) is 5.47. The molecule has 4 rings (SSSR count). The van der Waals surface area contributed by atoms with Gasteiger partial charge in [-0.15, -0.1) is 0 Å². The van der Waals surface area contributed by atoms with Crippen molar-refractivity contribution in [1.82, 2.24) is 15.3 Å². The molecule has 0 radical (unpaired) electrons. The molecule has 1 amide bonds. The molecular weight excluding hydrogens is 568 g/mol. The predicted octanol–water partition coefficient (Wildman–Crippen LogP) is 6.87. The summed E-state index contributed by atoms with van der Waals surface area (Å²) in [6.07, 6.45) is 2.59. The van der Waals surface area contributed by atoms with Crippen LogP contribution >= 0.6 is 23.4 Å². The molecule has 0 aliphatic heterocycles. The monoisotopic (exact) mass is 604 g/mol. The van der Waals surface area contributed by atoms with Gasteiger partial charge in [0.2, 0.25) is 0 Å². The number of anilines is 1. The first kappa shape index (κ1) is 31.2. The number of aryl methyl sites for hydroxylation is 1. The molecule has 1 heterocycles. The van der Waals surface area contributed by atoms with E-state index in [9.17, 15) is 4.79 Å². The summed E-state index contributed by atoms with van der Waals surface area (Å²) in [6, 6.07) is 25.8. The Labute approximate surface area is 257 Å². The lowest BCUT2D eigenvalue weighted by Gasteiger charge is -2.19. The molecule has 4 aromatic rings. The second-order valence-electron chi connectivity index (χ2n) is 10.1. The number of thioether (sulfide) groups is 1. The van der Waals surface area contributed by atoms with Crippen LogP contribution in [0.4, 0.5) is 5.82 Å². The lowest BCUT2D eigenvalue weighted by Crippen LogP contribution is -2.32. The fraction of sp³-hybridized carbons (Fsp3) is 0.303. The molecule has 0 fully saturated rings. The molecule has 1 aromatic heterocycles. The minimum atomic E-state index is -0.0696. The van der Waals surface area contributed by atoms with Gasteiger partial charge in [-0.05, 0) is 67.1 Å². The Hall–Kier alpha value is -3.75. The molecule has 9 heteroatoms. The van der Waals surface area contributed by atoms with Gasteiger partial charge in [0.15, 0.2) is 16.7 Å². The standard InChI is InChI=1S/C33H37ClN4O3S/c1-23(13-14-24-9-6-5-7-10-24)35-32(39)27-12-8-11-26(19-27)22-42-33-36-30(34)21-31(37-33)38(2)18-17-25-15-16-28(40-3)29(20-25)41-4/h5-12,15-16,19-21,23H,13-14,17-18,22H2,1-4H3,(H,35,39). The van der Waals surface area contributed by atoms with E-state index in [1.807, 2.05) is 74.6 Å². The number of likely N-dealkylation sites (N-methyl/N-ethyl adjacent to an activating group) is 1. The second-order valence-corrected chi connectivity index (χ2v) is 11.4. The van der Waals surface area contributed by atoms with Crippen molar-refractivity contribution in [3.63, 3.8) is 0 Å². The topological polar surface area (TPSA) is 76.6 Å². The molecule has 1 atom stereocenters. The number of nitrogens with one attached hydrogen (secondary N) is 1. The molecular formula is C33H37ClN4O3S. The van der Waals surface area contributed by atoms with E-state index in [1.54, 1.807) is 20.3 Å². The van der Waals surface area contributed by atoms with Crippen molar-refractivity contribution in [2.45, 2.75) is 43.1 Å². The van der Waals surface area contributed by atoms with Crippen molar-refractivity contribution >= 4 is 35.1 Å². The summed E-state index contributed by atoms with van der Waals surface area (Å²) in [5.74, 6) is 2.70. The van der Waals surface area contributed by atoms with E-state index in [0.29, 0.717) is 33.1 Å². The number of carbonyl (C=O) groups is 1. The molecule has 0 spiro atoms. The summed E-state index contributed by atoms with van der Waals surface area (Å²) in [6.45, 7) is 2.77. The number of benzene rings is 3. The molecule has 3 aromatic carbocycles. The summed E-state index contributed by atoms with van der Waals surface area (Å²) in [7, 11) is 5.25. The Morgan fingerprint density at radius 2 is 1.67 bits per heavy atom. The van der Waals surface area contributed by atoms with E-state index in [1.165, 1.54) is 17.3 Å². The number of rotatable bonds is 14. The van der Waals surface area contributed by atoms with Gasteiger partial charge in [-0.2, -0.15) is 0 Å². The van der Waals surface area contributed by atoms with Crippen molar-refractivity contribution in [3.05, 3.63) is 106 Å². The van der Waals surface area contributed by atoms with Crippen molar-refractivity contribution in [3.8, 4) is 11.5 Å². The fourth-order valence-electron chi connectivity index (χ4n) is 4.45. The van der Waals surface area contributed by atoms with Crippen molar-refractivity contribution in [2.75, 3.05) is 32.7 Å². The zero-order valence-electron chi connectivity index (χ0n) is 24.5. The number of carbonyl (C=O) groups excluding carboxylic acids is 1. The first-order valence-electron chi connectivity index (χ1n) is 13.9. The van der Waals surface area contributed by atoms with Crippen LogP contribution in [-0.4, -0.2) is 49.7 Å². The average Bonchev–Trinajstić information content (AvgIpc) is 3.01. The van der Waals surface area contributed by atoms with E-state index in [4.69, 9.17) is 26.1 Å². The van der Waals surface area contributed by atoms with E-state index < -0.39 is 0 Å². The van der Waals surface area contributed by atoms with E-state index >= 15 is 0 Å². The number of halogens is 1. The molecule has 1 unspecified atom stereocenters. The van der Waals surface area contributed by atoms with Gasteiger partial charge in [0.25, 0.3) is 5.91 Å². The SMILES string of the molecule is COc1ccc(CCN(C)c2cc(Cl)nc(SCc3cccc(C(=O)NC(C)CCc4ccccc4)c3)n2)cc1OC. The van der Waals surface area contributed by atoms with Gasteiger partial charge < -0.3 is 19.7 Å². The maximum absolute atomic E-state index is 12.9. The van der Waals surface area contributed by atoms with Gasteiger partial charge in [-0.1, -0.05) is 71.9 Å². The van der Waals surface area contributed by atoms with Crippen LogP contribution in [0.25, 0.3) is 0 Å². The maximum atomic E-state index is 12.9. The predicted molar refractivity (Wildman–Crippen MR) is 171 cm³/mol. The average molecular weight is 605 g/mol. The Kier molecular flexibility index (Phi) is 11.5. The van der Waals surface area contributed by atoms with Crippen molar-refractivity contribution in [1.29, 1.82) is 0 Å². The quantitative estimate of drug-likeness (QED) is 0.0956. The zero-order chi connectivity index (χ0) is 29.9. The molecule has 0 aliphatic rings. The first-order valence-corrected chi connectivity index (χ1v) is 15.2. The van der Waals surface area contributed by atoms with Gasteiger partial charge in [-0.3, -0.25) is 4.79 Å². The van der Waals surface area contributed by atoms with Gasteiger partial charge in [0, 0.05) is 37.0 Å². The normalized spacial score (nSPS) is 11.5. The number of methoxy groups -OCH3 is 2. The summed E-state index contributed by atoms with van der Waals surface area (Å²) >= 11 is 7.86. The van der Waals surface area contributed by atoms with Crippen LogP contribution in [0, 0.1) is 0 Å². The van der Waals surface area contributed by atoms with Gasteiger partial charge in [0.05, 0.1) is 14.2 Å². The Morgan fingerprint density at radius 1 is 0.905 bits per heavy atom. The number of ether oxygens (including phenoxy) is 2. The Morgan fingerprint density at radius 3 is 2.43 bits per heavy atom. The van der Waals surface area contributed by atoms with E-state index in [-0.39, 0.29) is 11.9 Å². The Balaban J connectivity index is 1.32. The van der Waals surface area contributed by atoms with Crippen LogP contribution in [-0.2, 0) is 18.6 Å².